The SMILES string of the molecule is N#CCCCCCN1C[C@@H](O)C(O)[C@@H](O)C1. The summed E-state index contributed by atoms with van der Waals surface area (Å²) in [5.41, 5.74) is 0. The van der Waals surface area contributed by atoms with Gasteiger partial charge in [-0.05, 0) is 19.4 Å². The maximum absolute atomic E-state index is 9.46. The number of aliphatic hydroxyl groups is 3. The van der Waals surface area contributed by atoms with E-state index in [2.05, 4.69) is 6.07 Å². The molecule has 16 heavy (non-hydrogen) atoms. The van der Waals surface area contributed by atoms with E-state index in [-0.39, 0.29) is 0 Å². The lowest BCUT2D eigenvalue weighted by molar-refractivity contribution is -0.109. The third-order valence-electron chi connectivity index (χ3n) is 2.94. The number of aliphatic hydroxyl groups excluding tert-OH is 3. The Morgan fingerprint density at radius 3 is 2.25 bits per heavy atom. The summed E-state index contributed by atoms with van der Waals surface area (Å²) in [5, 5.41) is 36.6. The Kier molecular flexibility index (Phi) is 5.71. The van der Waals surface area contributed by atoms with Crippen molar-refractivity contribution in [3.05, 3.63) is 0 Å². The summed E-state index contributed by atoms with van der Waals surface area (Å²) in [5.74, 6) is 0. The van der Waals surface area contributed by atoms with Crippen LogP contribution in [0, 0.1) is 11.3 Å². The van der Waals surface area contributed by atoms with E-state index < -0.39 is 18.3 Å². The van der Waals surface area contributed by atoms with E-state index in [1.165, 1.54) is 0 Å². The largest absolute Gasteiger partial charge is 0.389 e. The van der Waals surface area contributed by atoms with Crippen LogP contribution in [0.5, 0.6) is 0 Å². The minimum atomic E-state index is -1.02. The normalized spacial score (nSPS) is 31.2. The molecule has 0 aromatic carbocycles. The molecule has 0 saturated carbocycles. The van der Waals surface area contributed by atoms with Gasteiger partial charge in [-0.15, -0.1) is 0 Å². The lowest BCUT2D eigenvalue weighted by Gasteiger charge is -2.36. The van der Waals surface area contributed by atoms with Crippen molar-refractivity contribution < 1.29 is 15.3 Å². The number of rotatable bonds is 5. The first-order valence-corrected chi connectivity index (χ1v) is 5.78. The Balaban J connectivity index is 2.16. The van der Waals surface area contributed by atoms with Gasteiger partial charge < -0.3 is 15.3 Å². The van der Waals surface area contributed by atoms with Gasteiger partial charge in [0, 0.05) is 19.5 Å². The number of hydrogen-bond donors (Lipinski definition) is 3. The molecular weight excluding hydrogens is 208 g/mol. The van der Waals surface area contributed by atoms with Crippen LogP contribution in [-0.4, -0.2) is 58.2 Å². The zero-order chi connectivity index (χ0) is 12.0. The molecule has 1 aliphatic heterocycles. The highest BCUT2D eigenvalue weighted by molar-refractivity contribution is 4.86. The van der Waals surface area contributed by atoms with E-state index in [1.807, 2.05) is 4.90 Å². The van der Waals surface area contributed by atoms with Gasteiger partial charge in [0.25, 0.3) is 0 Å². The molecule has 0 aromatic rings. The van der Waals surface area contributed by atoms with E-state index >= 15 is 0 Å². The zero-order valence-corrected chi connectivity index (χ0v) is 9.42. The van der Waals surface area contributed by atoms with E-state index in [9.17, 15) is 15.3 Å². The molecule has 0 aromatic heterocycles. The summed E-state index contributed by atoms with van der Waals surface area (Å²) < 4.78 is 0. The Hall–Kier alpha value is -0.670. The average molecular weight is 228 g/mol. The van der Waals surface area contributed by atoms with E-state index in [1.54, 1.807) is 0 Å². The quantitative estimate of drug-likeness (QED) is 0.550. The van der Waals surface area contributed by atoms with Gasteiger partial charge in [-0.2, -0.15) is 5.26 Å². The van der Waals surface area contributed by atoms with Crippen molar-refractivity contribution in [2.75, 3.05) is 19.6 Å². The molecule has 0 bridgehead atoms. The molecule has 5 heteroatoms. The van der Waals surface area contributed by atoms with Gasteiger partial charge in [-0.25, -0.2) is 0 Å². The second kappa shape index (κ2) is 6.81. The maximum Gasteiger partial charge on any atom is 0.108 e. The standard InChI is InChI=1S/C11H20N2O3/c12-5-3-1-2-4-6-13-7-9(14)11(16)10(15)8-13/h9-11,14-16H,1-4,6-8H2/t9-,10+,11?. The van der Waals surface area contributed by atoms with Crippen LogP contribution in [-0.2, 0) is 0 Å². The highest BCUT2D eigenvalue weighted by atomic mass is 16.4. The first kappa shape index (κ1) is 13.4. The molecule has 1 fully saturated rings. The number of unbranched alkanes of at least 4 members (excludes halogenated alkanes) is 3. The summed E-state index contributed by atoms with van der Waals surface area (Å²) in [4.78, 5) is 1.95. The molecule has 5 nitrogen and oxygen atoms in total. The van der Waals surface area contributed by atoms with Gasteiger partial charge in [0.15, 0.2) is 0 Å². The van der Waals surface area contributed by atoms with Crippen molar-refractivity contribution in [3.63, 3.8) is 0 Å². The van der Waals surface area contributed by atoms with Crippen LogP contribution in [0.1, 0.15) is 25.7 Å². The third kappa shape index (κ3) is 4.06. The number of β-amino-alcohol motifs (C(OH)–C–C–N with tert-alkyl or cyclic N) is 2. The number of likely N-dealkylation sites (tertiary alicyclic amines) is 1. The minimum Gasteiger partial charge on any atom is -0.389 e. The molecule has 92 valence electrons. The fraction of sp³-hybridized carbons (Fsp3) is 0.909. The van der Waals surface area contributed by atoms with Crippen LogP contribution in [0.3, 0.4) is 0 Å². The van der Waals surface area contributed by atoms with Crippen molar-refractivity contribution in [2.45, 2.75) is 44.0 Å². The molecule has 3 N–H and O–H groups in total. The first-order chi connectivity index (χ1) is 7.65. The van der Waals surface area contributed by atoms with Crippen molar-refractivity contribution >= 4 is 0 Å². The molecule has 1 aliphatic rings. The zero-order valence-electron chi connectivity index (χ0n) is 9.42. The Labute approximate surface area is 95.9 Å². The van der Waals surface area contributed by atoms with Gasteiger partial charge >= 0.3 is 0 Å². The molecule has 1 rings (SSSR count). The van der Waals surface area contributed by atoms with Crippen molar-refractivity contribution in [2.24, 2.45) is 0 Å². The highest BCUT2D eigenvalue weighted by Crippen LogP contribution is 2.13. The van der Waals surface area contributed by atoms with Crippen LogP contribution >= 0.6 is 0 Å². The van der Waals surface area contributed by atoms with Gasteiger partial charge in [0.05, 0.1) is 18.3 Å². The number of nitriles is 1. The molecule has 0 radical (unpaired) electrons. The number of nitrogens with zero attached hydrogens (tertiary/aromatic N) is 2. The molecule has 0 spiro atoms. The van der Waals surface area contributed by atoms with Crippen LogP contribution in [0.25, 0.3) is 0 Å². The monoisotopic (exact) mass is 228 g/mol. The third-order valence-corrected chi connectivity index (χ3v) is 2.94. The Morgan fingerprint density at radius 1 is 1.06 bits per heavy atom. The molecule has 1 heterocycles. The van der Waals surface area contributed by atoms with Gasteiger partial charge in [0.2, 0.25) is 0 Å². The average Bonchev–Trinajstić information content (AvgIpc) is 2.25. The van der Waals surface area contributed by atoms with Gasteiger partial charge in [-0.3, -0.25) is 4.90 Å². The molecule has 1 saturated heterocycles. The lowest BCUT2D eigenvalue weighted by atomic mass is 10.0. The second-order valence-electron chi connectivity index (χ2n) is 4.35. The number of hydrogen-bond acceptors (Lipinski definition) is 5. The minimum absolute atomic E-state index is 0.413. The van der Waals surface area contributed by atoms with Crippen LogP contribution in [0.4, 0.5) is 0 Å². The van der Waals surface area contributed by atoms with Gasteiger partial charge in [0.1, 0.15) is 6.10 Å². The van der Waals surface area contributed by atoms with Crippen LogP contribution < -0.4 is 0 Å². The summed E-state index contributed by atoms with van der Waals surface area (Å²) in [7, 11) is 0. The fourth-order valence-corrected chi connectivity index (χ4v) is 1.97. The predicted octanol–water partition coefficient (Wildman–Crippen LogP) is -0.531. The van der Waals surface area contributed by atoms with Crippen LogP contribution in [0.2, 0.25) is 0 Å². The first-order valence-electron chi connectivity index (χ1n) is 5.78. The lowest BCUT2D eigenvalue weighted by Crippen LogP contribution is -2.55. The Bertz CT molecular complexity index is 230. The van der Waals surface area contributed by atoms with Gasteiger partial charge in [-0.1, -0.05) is 6.42 Å². The topological polar surface area (TPSA) is 87.7 Å². The van der Waals surface area contributed by atoms with Crippen molar-refractivity contribution in [1.82, 2.24) is 4.90 Å². The van der Waals surface area contributed by atoms with Crippen LogP contribution in [0.15, 0.2) is 0 Å². The molecule has 0 amide bonds. The summed E-state index contributed by atoms with van der Waals surface area (Å²) in [6, 6.07) is 2.10. The molecule has 1 unspecified atom stereocenters. The maximum atomic E-state index is 9.46. The summed E-state index contributed by atoms with van der Waals surface area (Å²) >= 11 is 0. The molecular formula is C11H20N2O3. The van der Waals surface area contributed by atoms with E-state index in [0.29, 0.717) is 19.5 Å². The number of piperidine rings is 1. The highest BCUT2D eigenvalue weighted by Gasteiger charge is 2.32. The predicted molar refractivity (Wildman–Crippen MR) is 58.5 cm³/mol. The summed E-state index contributed by atoms with van der Waals surface area (Å²) in [6.45, 7) is 1.62. The van der Waals surface area contributed by atoms with E-state index in [0.717, 1.165) is 25.8 Å². The fourth-order valence-electron chi connectivity index (χ4n) is 1.97. The smallest absolute Gasteiger partial charge is 0.108 e. The molecule has 0 aliphatic carbocycles. The van der Waals surface area contributed by atoms with Crippen molar-refractivity contribution in [3.8, 4) is 6.07 Å². The van der Waals surface area contributed by atoms with Crippen molar-refractivity contribution in [1.29, 1.82) is 5.26 Å². The molecule has 3 atom stereocenters. The summed E-state index contributed by atoms with van der Waals surface area (Å²) in [6.07, 6.45) is 0.693. The van der Waals surface area contributed by atoms with E-state index in [4.69, 9.17) is 5.26 Å². The second-order valence-corrected chi connectivity index (χ2v) is 4.35. The Morgan fingerprint density at radius 2 is 1.69 bits per heavy atom.